The summed E-state index contributed by atoms with van der Waals surface area (Å²) in [7, 11) is 1.37. The minimum atomic E-state index is -4.29. The van der Waals surface area contributed by atoms with Gasteiger partial charge < -0.3 is 4.90 Å². The molecular formula is C13H13F4N3S. The van der Waals surface area contributed by atoms with E-state index in [0.29, 0.717) is 27.7 Å². The van der Waals surface area contributed by atoms with E-state index in [1.54, 1.807) is 0 Å². The van der Waals surface area contributed by atoms with Crippen LogP contribution in [-0.2, 0) is 6.42 Å². The van der Waals surface area contributed by atoms with Crippen molar-refractivity contribution in [3.05, 3.63) is 30.0 Å². The molecule has 0 saturated carbocycles. The molecule has 0 unspecified atom stereocenters. The van der Waals surface area contributed by atoms with Crippen molar-refractivity contribution in [2.24, 2.45) is 0 Å². The van der Waals surface area contributed by atoms with Gasteiger partial charge in [-0.3, -0.25) is 4.98 Å². The molecule has 0 aliphatic rings. The number of alkyl halides is 3. The maximum atomic E-state index is 13.2. The van der Waals surface area contributed by atoms with E-state index >= 15 is 0 Å². The quantitative estimate of drug-likeness (QED) is 0.800. The van der Waals surface area contributed by atoms with Crippen molar-refractivity contribution < 1.29 is 17.6 Å². The number of aryl methyl sites for hydroxylation is 1. The van der Waals surface area contributed by atoms with Crippen molar-refractivity contribution in [1.82, 2.24) is 9.97 Å². The van der Waals surface area contributed by atoms with E-state index in [0.717, 1.165) is 22.4 Å². The predicted octanol–water partition coefficient (Wildman–Crippen LogP) is 3.91. The van der Waals surface area contributed by atoms with E-state index in [9.17, 15) is 17.6 Å². The van der Waals surface area contributed by atoms with Gasteiger partial charge in [-0.1, -0.05) is 18.3 Å². The third-order valence-corrected chi connectivity index (χ3v) is 3.99. The van der Waals surface area contributed by atoms with Crippen molar-refractivity contribution in [1.29, 1.82) is 0 Å². The summed E-state index contributed by atoms with van der Waals surface area (Å²) in [5.41, 5.74) is 1.02. The molecule has 0 aliphatic carbocycles. The Hall–Kier alpha value is -1.70. The van der Waals surface area contributed by atoms with Gasteiger partial charge in [0.25, 0.3) is 0 Å². The van der Waals surface area contributed by atoms with E-state index in [4.69, 9.17) is 0 Å². The Morgan fingerprint density at radius 3 is 2.57 bits per heavy atom. The monoisotopic (exact) mass is 319 g/mol. The van der Waals surface area contributed by atoms with Crippen molar-refractivity contribution in [3.8, 4) is 10.6 Å². The van der Waals surface area contributed by atoms with Crippen LogP contribution in [0.5, 0.6) is 0 Å². The topological polar surface area (TPSA) is 29.0 Å². The molecule has 0 amide bonds. The molecule has 2 aromatic heterocycles. The highest BCUT2D eigenvalue weighted by atomic mass is 32.1. The Bertz CT molecular complexity index is 624. The number of halogens is 4. The number of hydrogen-bond donors (Lipinski definition) is 0. The standard InChI is InChI=1S/C13H13F4N3S/c1-3-10-12(20(2)7-13(15,16)17)21-11(19-10)8-4-9(14)6-18-5-8/h4-6H,3,7H2,1-2H3. The molecule has 0 bridgehead atoms. The third kappa shape index (κ3) is 3.90. The summed E-state index contributed by atoms with van der Waals surface area (Å²) in [5.74, 6) is -0.508. The lowest BCUT2D eigenvalue weighted by molar-refractivity contribution is -0.119. The van der Waals surface area contributed by atoms with Crippen LogP contribution in [-0.4, -0.2) is 29.7 Å². The summed E-state index contributed by atoms with van der Waals surface area (Å²) in [6.45, 7) is 0.761. The molecular weight excluding hydrogens is 306 g/mol. The van der Waals surface area contributed by atoms with Gasteiger partial charge in [0.1, 0.15) is 22.4 Å². The molecule has 2 rings (SSSR count). The number of aromatic nitrogens is 2. The smallest absolute Gasteiger partial charge is 0.356 e. The van der Waals surface area contributed by atoms with Gasteiger partial charge >= 0.3 is 6.18 Å². The second-order valence-corrected chi connectivity index (χ2v) is 5.47. The van der Waals surface area contributed by atoms with Crippen LogP contribution >= 0.6 is 11.3 Å². The molecule has 0 atom stereocenters. The first-order chi connectivity index (χ1) is 9.80. The van der Waals surface area contributed by atoms with E-state index in [-0.39, 0.29) is 0 Å². The lowest BCUT2D eigenvalue weighted by atomic mass is 10.3. The number of rotatable bonds is 4. The van der Waals surface area contributed by atoms with Gasteiger partial charge in [-0.2, -0.15) is 13.2 Å². The zero-order valence-corrected chi connectivity index (χ0v) is 12.2. The molecule has 2 heterocycles. The summed E-state index contributed by atoms with van der Waals surface area (Å²) in [5, 5.41) is 0.900. The first kappa shape index (κ1) is 15.7. The number of pyridine rings is 1. The van der Waals surface area contributed by atoms with Gasteiger partial charge in [0.15, 0.2) is 0 Å². The summed E-state index contributed by atoms with van der Waals surface area (Å²) < 4.78 is 50.7. The fourth-order valence-corrected chi connectivity index (χ4v) is 2.96. The lowest BCUT2D eigenvalue weighted by Crippen LogP contribution is -2.30. The Labute approximate surface area is 123 Å². The van der Waals surface area contributed by atoms with Gasteiger partial charge in [0.2, 0.25) is 0 Å². The summed E-state index contributed by atoms with van der Waals surface area (Å²) >= 11 is 1.10. The number of nitrogens with zero attached hydrogens (tertiary/aromatic N) is 3. The van der Waals surface area contributed by atoms with E-state index < -0.39 is 18.5 Å². The molecule has 0 saturated heterocycles. The Kier molecular flexibility index (Phi) is 4.46. The number of hydrogen-bond acceptors (Lipinski definition) is 4. The van der Waals surface area contributed by atoms with Crippen LogP contribution in [0.4, 0.5) is 22.6 Å². The maximum Gasteiger partial charge on any atom is 0.405 e. The molecule has 0 radical (unpaired) electrons. The fraction of sp³-hybridized carbons (Fsp3) is 0.385. The van der Waals surface area contributed by atoms with Gasteiger partial charge in [-0.25, -0.2) is 9.37 Å². The highest BCUT2D eigenvalue weighted by Gasteiger charge is 2.31. The summed E-state index contributed by atoms with van der Waals surface area (Å²) in [6.07, 6.45) is -1.29. The zero-order valence-electron chi connectivity index (χ0n) is 11.4. The van der Waals surface area contributed by atoms with Crippen molar-refractivity contribution in [3.63, 3.8) is 0 Å². The highest BCUT2D eigenvalue weighted by molar-refractivity contribution is 7.19. The normalized spacial score (nSPS) is 11.7. The highest BCUT2D eigenvalue weighted by Crippen LogP contribution is 2.35. The van der Waals surface area contributed by atoms with Crippen LogP contribution in [0, 0.1) is 5.82 Å². The molecule has 0 spiro atoms. The molecule has 21 heavy (non-hydrogen) atoms. The number of thiazole rings is 1. The van der Waals surface area contributed by atoms with Crippen LogP contribution in [0.2, 0.25) is 0 Å². The largest absolute Gasteiger partial charge is 0.405 e. The van der Waals surface area contributed by atoms with Crippen molar-refractivity contribution >= 4 is 16.3 Å². The molecule has 114 valence electrons. The minimum Gasteiger partial charge on any atom is -0.356 e. The predicted molar refractivity (Wildman–Crippen MR) is 74.0 cm³/mol. The van der Waals surface area contributed by atoms with Crippen LogP contribution in [0.1, 0.15) is 12.6 Å². The Balaban J connectivity index is 2.35. The zero-order chi connectivity index (χ0) is 15.6. The summed E-state index contributed by atoms with van der Waals surface area (Å²) in [4.78, 5) is 9.14. The Morgan fingerprint density at radius 2 is 2.00 bits per heavy atom. The SMILES string of the molecule is CCc1nc(-c2cncc(F)c2)sc1N(C)CC(F)(F)F. The molecule has 8 heteroatoms. The van der Waals surface area contributed by atoms with Gasteiger partial charge in [0, 0.05) is 18.8 Å². The summed E-state index contributed by atoms with van der Waals surface area (Å²) in [6, 6.07) is 1.26. The van der Waals surface area contributed by atoms with Crippen LogP contribution in [0.15, 0.2) is 18.5 Å². The molecule has 2 aromatic rings. The van der Waals surface area contributed by atoms with E-state index in [2.05, 4.69) is 9.97 Å². The third-order valence-electron chi connectivity index (χ3n) is 2.73. The molecule has 0 aliphatic heterocycles. The second kappa shape index (κ2) is 5.97. The average Bonchev–Trinajstić information content (AvgIpc) is 2.81. The maximum absolute atomic E-state index is 13.2. The van der Waals surface area contributed by atoms with Crippen molar-refractivity contribution in [2.75, 3.05) is 18.5 Å². The van der Waals surface area contributed by atoms with Crippen molar-refractivity contribution in [2.45, 2.75) is 19.5 Å². The average molecular weight is 319 g/mol. The lowest BCUT2D eigenvalue weighted by Gasteiger charge is -2.19. The van der Waals surface area contributed by atoms with E-state index in [1.807, 2.05) is 6.92 Å². The van der Waals surface area contributed by atoms with Crippen LogP contribution in [0.25, 0.3) is 10.6 Å². The molecule has 0 fully saturated rings. The van der Waals surface area contributed by atoms with Gasteiger partial charge in [0.05, 0.1) is 11.9 Å². The van der Waals surface area contributed by atoms with Crippen LogP contribution < -0.4 is 4.90 Å². The molecule has 3 nitrogen and oxygen atoms in total. The first-order valence-corrected chi connectivity index (χ1v) is 7.00. The van der Waals surface area contributed by atoms with Gasteiger partial charge in [-0.05, 0) is 12.5 Å². The minimum absolute atomic E-state index is 0.439. The Morgan fingerprint density at radius 1 is 1.29 bits per heavy atom. The first-order valence-electron chi connectivity index (χ1n) is 6.18. The molecule has 0 N–H and O–H groups in total. The van der Waals surface area contributed by atoms with Crippen LogP contribution in [0.3, 0.4) is 0 Å². The van der Waals surface area contributed by atoms with E-state index in [1.165, 1.54) is 19.3 Å². The fourth-order valence-electron chi connectivity index (χ4n) is 1.87. The number of anilines is 1. The molecule has 0 aromatic carbocycles. The van der Waals surface area contributed by atoms with Gasteiger partial charge in [-0.15, -0.1) is 0 Å². The second-order valence-electron chi connectivity index (χ2n) is 4.49.